The summed E-state index contributed by atoms with van der Waals surface area (Å²) in [5.74, 6) is 0.222. The maximum atomic E-state index is 12.5. The fourth-order valence-corrected chi connectivity index (χ4v) is 2.74. The number of benzene rings is 2. The van der Waals surface area contributed by atoms with Gasteiger partial charge in [-0.3, -0.25) is 4.79 Å². The maximum Gasteiger partial charge on any atom is 0.216 e. The smallest absolute Gasteiger partial charge is 0.216 e. The molecule has 0 unspecified atom stereocenters. The van der Waals surface area contributed by atoms with E-state index in [0.29, 0.717) is 6.54 Å². The van der Waals surface area contributed by atoms with Crippen LogP contribution in [0.25, 0.3) is 10.8 Å². The van der Waals surface area contributed by atoms with Crippen molar-refractivity contribution < 1.29 is 14.0 Å². The number of morpholine rings is 1. The number of carbonyl (C=O) groups excluding carboxylic acids is 1. The van der Waals surface area contributed by atoms with Gasteiger partial charge in [0, 0.05) is 5.56 Å². The van der Waals surface area contributed by atoms with Gasteiger partial charge in [0.2, 0.25) is 5.78 Å². The highest BCUT2D eigenvalue weighted by Crippen LogP contribution is 2.17. The van der Waals surface area contributed by atoms with Gasteiger partial charge in [0.05, 0.1) is 20.3 Å². The first-order valence-electron chi connectivity index (χ1n) is 7.10. The average molecular weight is 270 g/mol. The molecule has 104 valence electrons. The SMILES string of the molecule is C[N+]1(CC(=O)c2ccc3ccccc3c2)CCOCC1. The van der Waals surface area contributed by atoms with E-state index >= 15 is 0 Å². The summed E-state index contributed by atoms with van der Waals surface area (Å²) in [5.41, 5.74) is 0.814. The lowest BCUT2D eigenvalue weighted by atomic mass is 10.0. The molecule has 0 aromatic heterocycles. The number of rotatable bonds is 3. The zero-order chi connectivity index (χ0) is 14.0. The Kier molecular flexibility index (Phi) is 3.55. The van der Waals surface area contributed by atoms with Gasteiger partial charge in [0.1, 0.15) is 19.6 Å². The van der Waals surface area contributed by atoms with Crippen molar-refractivity contribution in [3.63, 3.8) is 0 Å². The first kappa shape index (κ1) is 13.3. The molecule has 2 aromatic carbocycles. The van der Waals surface area contributed by atoms with E-state index in [1.165, 1.54) is 5.39 Å². The number of quaternary nitrogens is 1. The molecular formula is C17H20NO2+. The van der Waals surface area contributed by atoms with E-state index in [0.717, 1.165) is 41.7 Å². The van der Waals surface area contributed by atoms with Crippen LogP contribution in [0.1, 0.15) is 10.4 Å². The molecule has 0 atom stereocenters. The van der Waals surface area contributed by atoms with Crippen LogP contribution in [0.3, 0.4) is 0 Å². The Morgan fingerprint density at radius 2 is 1.80 bits per heavy atom. The molecule has 0 aliphatic carbocycles. The second-order valence-corrected chi connectivity index (χ2v) is 5.82. The first-order chi connectivity index (χ1) is 9.66. The van der Waals surface area contributed by atoms with Crippen LogP contribution in [0.15, 0.2) is 42.5 Å². The highest BCUT2D eigenvalue weighted by atomic mass is 16.5. The van der Waals surface area contributed by atoms with E-state index in [2.05, 4.69) is 19.2 Å². The molecule has 0 bridgehead atoms. The van der Waals surface area contributed by atoms with E-state index in [4.69, 9.17) is 4.74 Å². The topological polar surface area (TPSA) is 26.3 Å². The van der Waals surface area contributed by atoms with Crippen LogP contribution >= 0.6 is 0 Å². The second-order valence-electron chi connectivity index (χ2n) is 5.82. The third-order valence-corrected chi connectivity index (χ3v) is 4.15. The van der Waals surface area contributed by atoms with E-state index in [1.807, 2.05) is 30.3 Å². The largest absolute Gasteiger partial charge is 0.370 e. The molecular weight excluding hydrogens is 250 g/mol. The predicted octanol–water partition coefficient (Wildman–Crippen LogP) is 2.50. The summed E-state index contributed by atoms with van der Waals surface area (Å²) in [5, 5.41) is 2.30. The number of nitrogens with zero attached hydrogens (tertiary/aromatic N) is 1. The molecule has 1 aliphatic rings. The summed E-state index contributed by atoms with van der Waals surface area (Å²) in [6.45, 7) is 3.89. The lowest BCUT2D eigenvalue weighted by molar-refractivity contribution is -0.908. The second kappa shape index (κ2) is 5.35. The summed E-state index contributed by atoms with van der Waals surface area (Å²) in [4.78, 5) is 12.5. The number of ether oxygens (including phenoxy) is 1. The molecule has 0 N–H and O–H groups in total. The van der Waals surface area contributed by atoms with Crippen molar-refractivity contribution in [2.24, 2.45) is 0 Å². The minimum absolute atomic E-state index is 0.222. The molecule has 1 fully saturated rings. The monoisotopic (exact) mass is 270 g/mol. The standard InChI is InChI=1S/C17H20NO2/c1-18(8-10-20-11-9-18)13-17(19)16-7-6-14-4-2-3-5-15(14)12-16/h2-7,12H,8-11,13H2,1H3/q+1. The Hall–Kier alpha value is -1.71. The van der Waals surface area contributed by atoms with Gasteiger partial charge in [-0.1, -0.05) is 36.4 Å². The van der Waals surface area contributed by atoms with Crippen molar-refractivity contribution in [2.75, 3.05) is 39.9 Å². The lowest BCUT2D eigenvalue weighted by Crippen LogP contribution is -2.54. The zero-order valence-electron chi connectivity index (χ0n) is 11.8. The summed E-state index contributed by atoms with van der Waals surface area (Å²) >= 11 is 0. The van der Waals surface area contributed by atoms with Gasteiger partial charge in [0.25, 0.3) is 0 Å². The predicted molar refractivity (Wildman–Crippen MR) is 79.9 cm³/mol. The molecule has 3 nitrogen and oxygen atoms in total. The number of Topliss-reactive ketones (excluding diaryl/α,β-unsaturated/α-hetero) is 1. The van der Waals surface area contributed by atoms with Crippen LogP contribution < -0.4 is 0 Å². The third-order valence-electron chi connectivity index (χ3n) is 4.15. The highest BCUT2D eigenvalue weighted by molar-refractivity contribution is 6.00. The van der Waals surface area contributed by atoms with Gasteiger partial charge in [-0.05, 0) is 16.8 Å². The number of carbonyl (C=O) groups is 1. The molecule has 1 aliphatic heterocycles. The van der Waals surface area contributed by atoms with Crippen LogP contribution in [0.5, 0.6) is 0 Å². The number of hydrogen-bond donors (Lipinski definition) is 0. The molecule has 0 saturated carbocycles. The molecule has 20 heavy (non-hydrogen) atoms. The van der Waals surface area contributed by atoms with E-state index < -0.39 is 0 Å². The van der Waals surface area contributed by atoms with Crippen molar-refractivity contribution in [3.05, 3.63) is 48.0 Å². The number of hydrogen-bond acceptors (Lipinski definition) is 2. The highest BCUT2D eigenvalue weighted by Gasteiger charge is 2.28. The molecule has 1 saturated heterocycles. The Morgan fingerprint density at radius 1 is 1.10 bits per heavy atom. The Balaban J connectivity index is 1.81. The van der Waals surface area contributed by atoms with E-state index in [-0.39, 0.29) is 5.78 Å². The molecule has 0 radical (unpaired) electrons. The van der Waals surface area contributed by atoms with Gasteiger partial charge in [0.15, 0.2) is 0 Å². The normalized spacial score (nSPS) is 18.1. The van der Waals surface area contributed by atoms with Crippen molar-refractivity contribution in [1.82, 2.24) is 0 Å². The van der Waals surface area contributed by atoms with Gasteiger partial charge in [-0.15, -0.1) is 0 Å². The number of ketones is 1. The van der Waals surface area contributed by atoms with Gasteiger partial charge in [-0.2, -0.15) is 0 Å². The van der Waals surface area contributed by atoms with Crippen LogP contribution in [-0.4, -0.2) is 50.2 Å². The number of fused-ring (bicyclic) bond motifs is 1. The zero-order valence-corrected chi connectivity index (χ0v) is 11.8. The summed E-state index contributed by atoms with van der Waals surface area (Å²) in [7, 11) is 2.14. The molecule has 0 amide bonds. The van der Waals surface area contributed by atoms with Crippen molar-refractivity contribution in [2.45, 2.75) is 0 Å². The van der Waals surface area contributed by atoms with Crippen LogP contribution in [-0.2, 0) is 4.74 Å². The molecule has 2 aromatic rings. The molecule has 0 spiro atoms. The maximum absolute atomic E-state index is 12.5. The fraction of sp³-hybridized carbons (Fsp3) is 0.353. The fourth-order valence-electron chi connectivity index (χ4n) is 2.74. The summed E-state index contributed by atoms with van der Waals surface area (Å²) < 4.78 is 6.17. The lowest BCUT2D eigenvalue weighted by Gasteiger charge is -2.36. The van der Waals surface area contributed by atoms with E-state index in [1.54, 1.807) is 0 Å². The summed E-state index contributed by atoms with van der Waals surface area (Å²) in [6.07, 6.45) is 0. The Morgan fingerprint density at radius 3 is 2.55 bits per heavy atom. The minimum atomic E-state index is 0.222. The van der Waals surface area contributed by atoms with Gasteiger partial charge < -0.3 is 9.22 Å². The first-order valence-corrected chi connectivity index (χ1v) is 7.10. The van der Waals surface area contributed by atoms with Crippen molar-refractivity contribution in [1.29, 1.82) is 0 Å². The Bertz CT molecular complexity index is 630. The van der Waals surface area contributed by atoms with E-state index in [9.17, 15) is 4.79 Å². The van der Waals surface area contributed by atoms with Crippen molar-refractivity contribution >= 4 is 16.6 Å². The number of likely N-dealkylation sites (N-methyl/N-ethyl adjacent to an activating group) is 1. The minimum Gasteiger partial charge on any atom is -0.370 e. The van der Waals surface area contributed by atoms with Crippen LogP contribution in [0.2, 0.25) is 0 Å². The third kappa shape index (κ3) is 2.74. The molecule has 3 rings (SSSR count). The molecule has 3 heteroatoms. The van der Waals surface area contributed by atoms with Gasteiger partial charge in [-0.25, -0.2) is 0 Å². The summed E-state index contributed by atoms with van der Waals surface area (Å²) in [6, 6.07) is 14.1. The van der Waals surface area contributed by atoms with Crippen molar-refractivity contribution in [3.8, 4) is 0 Å². The quantitative estimate of drug-likeness (QED) is 0.633. The average Bonchev–Trinajstić information content (AvgIpc) is 2.47. The Labute approximate surface area is 119 Å². The molecule has 1 heterocycles. The van der Waals surface area contributed by atoms with Crippen LogP contribution in [0.4, 0.5) is 0 Å². The van der Waals surface area contributed by atoms with Crippen LogP contribution in [0, 0.1) is 0 Å². The van der Waals surface area contributed by atoms with Gasteiger partial charge >= 0.3 is 0 Å².